The van der Waals surface area contributed by atoms with Gasteiger partial charge in [-0.2, -0.15) is 0 Å². The Labute approximate surface area is 101 Å². The molecule has 88 valence electrons. The summed E-state index contributed by atoms with van der Waals surface area (Å²) in [5.41, 5.74) is 8.16. The molecule has 0 aromatic heterocycles. The molecular formula is C12H17ClN2O. The Morgan fingerprint density at radius 1 is 1.62 bits per heavy atom. The summed E-state index contributed by atoms with van der Waals surface area (Å²) in [5, 5.41) is 10.3. The molecule has 1 aromatic rings. The van der Waals surface area contributed by atoms with Gasteiger partial charge < -0.3 is 10.8 Å². The highest BCUT2D eigenvalue weighted by Gasteiger charge is 2.30. The first kappa shape index (κ1) is 11.9. The topological polar surface area (TPSA) is 49.5 Å². The first-order valence-corrected chi connectivity index (χ1v) is 5.90. The molecular weight excluding hydrogens is 224 g/mol. The second-order valence-corrected chi connectivity index (χ2v) is 4.74. The minimum absolute atomic E-state index is 0.184. The number of hydrogen-bond acceptors (Lipinski definition) is 3. The number of nitrogens with zero attached hydrogens (tertiary/aromatic N) is 1. The maximum atomic E-state index is 9.46. The van der Waals surface area contributed by atoms with Crippen LogP contribution in [0.2, 0.25) is 5.02 Å². The number of hydrogen-bond donors (Lipinski definition) is 2. The number of fused-ring (bicyclic) bond motifs is 1. The average Bonchev–Trinajstić information content (AvgIpc) is 2.56. The fourth-order valence-electron chi connectivity index (χ4n) is 2.37. The predicted octanol–water partition coefficient (Wildman–Crippen LogP) is 1.54. The Hall–Kier alpha value is -0.610. The summed E-state index contributed by atoms with van der Waals surface area (Å²) in [6, 6.07) is 6.11. The van der Waals surface area contributed by atoms with Crippen molar-refractivity contribution in [3.63, 3.8) is 0 Å². The highest BCUT2D eigenvalue weighted by atomic mass is 35.5. The van der Waals surface area contributed by atoms with Gasteiger partial charge in [-0.1, -0.05) is 23.7 Å². The van der Waals surface area contributed by atoms with Crippen LogP contribution in [0.1, 0.15) is 24.1 Å². The third-order valence-electron chi connectivity index (χ3n) is 3.04. The van der Waals surface area contributed by atoms with Crippen LogP contribution >= 0.6 is 11.6 Å². The standard InChI is InChI=1S/C12H17ClN2O/c1-8(16)6-15-7-10-9(12(15)5-14)3-2-4-11(10)13/h2-4,8,12,16H,5-7,14H2,1H3. The molecule has 0 saturated heterocycles. The maximum Gasteiger partial charge on any atom is 0.0639 e. The van der Waals surface area contributed by atoms with E-state index in [1.54, 1.807) is 6.92 Å². The van der Waals surface area contributed by atoms with Gasteiger partial charge in [0, 0.05) is 30.7 Å². The number of β-amino-alcohol motifs (C(OH)–C–C–N with tert-alkyl or cyclic N) is 1. The van der Waals surface area contributed by atoms with Crippen molar-refractivity contribution in [3.05, 3.63) is 34.3 Å². The molecule has 4 heteroatoms. The van der Waals surface area contributed by atoms with Crippen LogP contribution in [0.25, 0.3) is 0 Å². The van der Waals surface area contributed by atoms with Crippen molar-refractivity contribution in [2.24, 2.45) is 5.73 Å². The molecule has 3 N–H and O–H groups in total. The lowest BCUT2D eigenvalue weighted by atomic mass is 10.1. The van der Waals surface area contributed by atoms with Gasteiger partial charge in [0.15, 0.2) is 0 Å². The molecule has 3 nitrogen and oxygen atoms in total. The summed E-state index contributed by atoms with van der Waals surface area (Å²) in [6.07, 6.45) is -0.345. The van der Waals surface area contributed by atoms with Crippen molar-refractivity contribution in [1.29, 1.82) is 0 Å². The Kier molecular flexibility index (Phi) is 3.50. The van der Waals surface area contributed by atoms with E-state index < -0.39 is 0 Å². The zero-order valence-corrected chi connectivity index (χ0v) is 10.1. The van der Waals surface area contributed by atoms with Crippen molar-refractivity contribution in [2.75, 3.05) is 13.1 Å². The zero-order valence-electron chi connectivity index (χ0n) is 9.36. The van der Waals surface area contributed by atoms with E-state index >= 15 is 0 Å². The molecule has 16 heavy (non-hydrogen) atoms. The van der Waals surface area contributed by atoms with Gasteiger partial charge in [0.05, 0.1) is 6.10 Å². The van der Waals surface area contributed by atoms with Gasteiger partial charge in [-0.25, -0.2) is 0 Å². The van der Waals surface area contributed by atoms with Crippen LogP contribution in [0.15, 0.2) is 18.2 Å². The van der Waals surface area contributed by atoms with Crippen LogP contribution in [0, 0.1) is 0 Å². The van der Waals surface area contributed by atoms with E-state index in [1.165, 1.54) is 5.56 Å². The summed E-state index contributed by atoms with van der Waals surface area (Å²) >= 11 is 6.16. The monoisotopic (exact) mass is 240 g/mol. The first-order chi connectivity index (χ1) is 7.63. The van der Waals surface area contributed by atoms with Gasteiger partial charge in [0.25, 0.3) is 0 Å². The summed E-state index contributed by atoms with van der Waals surface area (Å²) in [7, 11) is 0. The van der Waals surface area contributed by atoms with E-state index in [9.17, 15) is 5.11 Å². The molecule has 1 aliphatic heterocycles. The van der Waals surface area contributed by atoms with E-state index in [-0.39, 0.29) is 12.1 Å². The normalized spacial score (nSPS) is 22.1. The van der Waals surface area contributed by atoms with Crippen LogP contribution in [0.4, 0.5) is 0 Å². The number of halogens is 1. The van der Waals surface area contributed by atoms with Crippen molar-refractivity contribution >= 4 is 11.6 Å². The minimum atomic E-state index is -0.345. The largest absolute Gasteiger partial charge is 0.392 e. The molecule has 0 fully saturated rings. The number of benzene rings is 1. The molecule has 2 unspecified atom stereocenters. The van der Waals surface area contributed by atoms with Gasteiger partial charge in [-0.3, -0.25) is 4.90 Å². The highest BCUT2D eigenvalue weighted by molar-refractivity contribution is 6.31. The van der Waals surface area contributed by atoms with Crippen molar-refractivity contribution in [1.82, 2.24) is 4.90 Å². The molecule has 0 aliphatic carbocycles. The van der Waals surface area contributed by atoms with Crippen LogP contribution in [0.5, 0.6) is 0 Å². The van der Waals surface area contributed by atoms with Crippen LogP contribution in [-0.2, 0) is 6.54 Å². The Morgan fingerprint density at radius 2 is 2.38 bits per heavy atom. The Bertz CT molecular complexity index is 381. The summed E-state index contributed by atoms with van der Waals surface area (Å²) in [5.74, 6) is 0. The van der Waals surface area contributed by atoms with Gasteiger partial charge in [-0.15, -0.1) is 0 Å². The fraction of sp³-hybridized carbons (Fsp3) is 0.500. The molecule has 1 aromatic carbocycles. The molecule has 0 bridgehead atoms. The lowest BCUT2D eigenvalue weighted by Gasteiger charge is -2.24. The lowest BCUT2D eigenvalue weighted by Crippen LogP contribution is -2.33. The molecule has 1 aliphatic rings. The van der Waals surface area contributed by atoms with Gasteiger partial charge >= 0.3 is 0 Å². The maximum absolute atomic E-state index is 9.46. The minimum Gasteiger partial charge on any atom is -0.392 e. The first-order valence-electron chi connectivity index (χ1n) is 5.53. The SMILES string of the molecule is CC(O)CN1Cc2c(Cl)cccc2C1CN. The smallest absolute Gasteiger partial charge is 0.0639 e. The Morgan fingerprint density at radius 3 is 3.00 bits per heavy atom. The van der Waals surface area contributed by atoms with E-state index in [1.807, 2.05) is 12.1 Å². The highest BCUT2D eigenvalue weighted by Crippen LogP contribution is 2.36. The van der Waals surface area contributed by atoms with E-state index in [0.717, 1.165) is 17.1 Å². The third kappa shape index (κ3) is 2.09. The number of nitrogens with two attached hydrogens (primary N) is 1. The fourth-order valence-corrected chi connectivity index (χ4v) is 2.61. The van der Waals surface area contributed by atoms with Gasteiger partial charge in [0.1, 0.15) is 0 Å². The van der Waals surface area contributed by atoms with Crippen molar-refractivity contribution < 1.29 is 5.11 Å². The molecule has 2 atom stereocenters. The molecule has 0 spiro atoms. The number of aliphatic hydroxyl groups is 1. The van der Waals surface area contributed by atoms with E-state index in [4.69, 9.17) is 17.3 Å². The van der Waals surface area contributed by atoms with Gasteiger partial charge in [-0.05, 0) is 24.1 Å². The summed E-state index contributed by atoms with van der Waals surface area (Å²) in [6.45, 7) is 3.76. The molecule has 0 amide bonds. The van der Waals surface area contributed by atoms with Crippen LogP contribution < -0.4 is 5.73 Å². The summed E-state index contributed by atoms with van der Waals surface area (Å²) < 4.78 is 0. The molecule has 2 rings (SSSR count). The number of aliphatic hydroxyl groups excluding tert-OH is 1. The third-order valence-corrected chi connectivity index (χ3v) is 3.39. The van der Waals surface area contributed by atoms with Crippen LogP contribution in [-0.4, -0.2) is 29.2 Å². The molecule has 0 radical (unpaired) electrons. The quantitative estimate of drug-likeness (QED) is 0.843. The Balaban J connectivity index is 2.28. The van der Waals surface area contributed by atoms with Gasteiger partial charge in [0.2, 0.25) is 0 Å². The zero-order chi connectivity index (χ0) is 11.7. The van der Waals surface area contributed by atoms with Crippen LogP contribution in [0.3, 0.4) is 0 Å². The molecule has 1 heterocycles. The number of rotatable bonds is 3. The van der Waals surface area contributed by atoms with E-state index in [0.29, 0.717) is 13.1 Å². The second kappa shape index (κ2) is 4.72. The lowest BCUT2D eigenvalue weighted by molar-refractivity contribution is 0.106. The van der Waals surface area contributed by atoms with Crippen molar-refractivity contribution in [3.8, 4) is 0 Å². The average molecular weight is 241 g/mol. The molecule has 0 saturated carbocycles. The second-order valence-electron chi connectivity index (χ2n) is 4.34. The predicted molar refractivity (Wildman–Crippen MR) is 65.3 cm³/mol. The van der Waals surface area contributed by atoms with E-state index in [2.05, 4.69) is 11.0 Å². The summed E-state index contributed by atoms with van der Waals surface area (Å²) in [4.78, 5) is 2.18. The van der Waals surface area contributed by atoms with Crippen molar-refractivity contribution in [2.45, 2.75) is 25.6 Å².